The van der Waals surface area contributed by atoms with E-state index in [9.17, 15) is 4.79 Å². The molecule has 5 rings (SSSR count). The Bertz CT molecular complexity index is 1340. The number of alkyl carbamates (subject to hydrolysis) is 1. The highest BCUT2D eigenvalue weighted by atomic mass is 16.5. The highest BCUT2D eigenvalue weighted by Gasteiger charge is 2.10. The Morgan fingerprint density at radius 2 is 2.06 bits per heavy atom. The average molecular weight is 429 g/mol. The van der Waals surface area contributed by atoms with Gasteiger partial charge in [-0.05, 0) is 11.6 Å². The molecule has 0 unspecified atom stereocenters. The normalized spacial score (nSPS) is 11.0. The van der Waals surface area contributed by atoms with Gasteiger partial charge >= 0.3 is 6.09 Å². The maximum Gasteiger partial charge on any atom is 0.407 e. The quantitative estimate of drug-likeness (QED) is 0.407. The van der Waals surface area contributed by atoms with Gasteiger partial charge in [0.2, 0.25) is 0 Å². The van der Waals surface area contributed by atoms with Crippen molar-refractivity contribution in [1.29, 1.82) is 0 Å². The number of aromatic nitrogens is 6. The van der Waals surface area contributed by atoms with E-state index in [1.807, 2.05) is 54.7 Å². The number of ether oxygens (including phenoxy) is 1. The SMILES string of the molecule is O=C(NCc1cc(Cn2cc(-c3ccc4cn[nH]c4c3)nn2)no1)OCc1ccccc1. The number of hydrogen-bond acceptors (Lipinski definition) is 7. The molecule has 0 atom stereocenters. The van der Waals surface area contributed by atoms with E-state index < -0.39 is 6.09 Å². The summed E-state index contributed by atoms with van der Waals surface area (Å²) in [7, 11) is 0. The number of hydrogen-bond donors (Lipinski definition) is 2. The van der Waals surface area contributed by atoms with Crippen LogP contribution in [-0.4, -0.2) is 36.4 Å². The predicted octanol–water partition coefficient (Wildman–Crippen LogP) is 3.28. The Morgan fingerprint density at radius 1 is 1.16 bits per heavy atom. The van der Waals surface area contributed by atoms with Crippen molar-refractivity contribution in [2.75, 3.05) is 0 Å². The van der Waals surface area contributed by atoms with E-state index in [2.05, 4.69) is 31.0 Å². The van der Waals surface area contributed by atoms with Gasteiger partial charge in [0.25, 0.3) is 0 Å². The molecule has 2 aromatic carbocycles. The second kappa shape index (κ2) is 8.72. The molecule has 3 heterocycles. The average Bonchev–Trinajstić information content (AvgIpc) is 3.58. The van der Waals surface area contributed by atoms with Crippen LogP contribution in [0.5, 0.6) is 0 Å². The summed E-state index contributed by atoms with van der Waals surface area (Å²) >= 11 is 0. The molecule has 2 N–H and O–H groups in total. The van der Waals surface area contributed by atoms with Crippen LogP contribution in [0.25, 0.3) is 22.2 Å². The third kappa shape index (κ3) is 4.48. The summed E-state index contributed by atoms with van der Waals surface area (Å²) in [5.41, 5.74) is 4.20. The maximum atomic E-state index is 11.9. The van der Waals surface area contributed by atoms with Crippen LogP contribution in [0, 0.1) is 0 Å². The van der Waals surface area contributed by atoms with Crippen molar-refractivity contribution in [2.24, 2.45) is 0 Å². The maximum absolute atomic E-state index is 11.9. The molecule has 3 aromatic heterocycles. The van der Waals surface area contributed by atoms with E-state index in [0.29, 0.717) is 18.0 Å². The number of amides is 1. The van der Waals surface area contributed by atoms with Crippen LogP contribution in [0.4, 0.5) is 4.79 Å². The Morgan fingerprint density at radius 3 is 2.97 bits per heavy atom. The van der Waals surface area contributed by atoms with Gasteiger partial charge in [-0.2, -0.15) is 5.10 Å². The highest BCUT2D eigenvalue weighted by Crippen LogP contribution is 2.21. The molecule has 10 nitrogen and oxygen atoms in total. The topological polar surface area (TPSA) is 124 Å². The minimum Gasteiger partial charge on any atom is -0.445 e. The summed E-state index contributed by atoms with van der Waals surface area (Å²) in [6.45, 7) is 0.769. The molecule has 10 heteroatoms. The molecular formula is C22H19N7O3. The van der Waals surface area contributed by atoms with Crippen LogP contribution in [-0.2, 0) is 24.4 Å². The van der Waals surface area contributed by atoms with E-state index in [4.69, 9.17) is 9.26 Å². The predicted molar refractivity (Wildman–Crippen MR) is 114 cm³/mol. The minimum atomic E-state index is -0.526. The van der Waals surface area contributed by atoms with Crippen LogP contribution in [0.1, 0.15) is 17.0 Å². The zero-order valence-electron chi connectivity index (χ0n) is 16.9. The summed E-state index contributed by atoms with van der Waals surface area (Å²) in [6, 6.07) is 17.2. The number of carbonyl (C=O) groups excluding carboxylic acids is 1. The van der Waals surface area contributed by atoms with E-state index in [1.54, 1.807) is 16.9 Å². The molecule has 0 aliphatic rings. The third-order valence-electron chi connectivity index (χ3n) is 4.83. The second-order valence-electron chi connectivity index (χ2n) is 7.17. The van der Waals surface area contributed by atoms with Gasteiger partial charge in [0.1, 0.15) is 18.0 Å². The monoisotopic (exact) mass is 429 g/mol. The van der Waals surface area contributed by atoms with Gasteiger partial charge in [-0.15, -0.1) is 5.10 Å². The fraction of sp³-hybridized carbons (Fsp3) is 0.136. The Labute approximate surface area is 182 Å². The molecule has 0 radical (unpaired) electrons. The van der Waals surface area contributed by atoms with Crippen molar-refractivity contribution in [2.45, 2.75) is 19.7 Å². The first-order valence-electron chi connectivity index (χ1n) is 9.95. The lowest BCUT2D eigenvalue weighted by Crippen LogP contribution is -2.23. The Hall–Kier alpha value is -4.47. The summed E-state index contributed by atoms with van der Waals surface area (Å²) < 4.78 is 12.1. The first-order valence-corrected chi connectivity index (χ1v) is 9.95. The number of nitrogens with zero attached hydrogens (tertiary/aromatic N) is 5. The van der Waals surface area contributed by atoms with E-state index in [1.165, 1.54) is 0 Å². The van der Waals surface area contributed by atoms with Crippen LogP contribution >= 0.6 is 0 Å². The molecular weight excluding hydrogens is 410 g/mol. The van der Waals surface area contributed by atoms with Crippen LogP contribution < -0.4 is 5.32 Å². The fourth-order valence-electron chi connectivity index (χ4n) is 3.22. The molecule has 0 aliphatic heterocycles. The van der Waals surface area contributed by atoms with Gasteiger partial charge in [-0.3, -0.25) is 5.10 Å². The summed E-state index contributed by atoms with van der Waals surface area (Å²) in [4.78, 5) is 11.9. The van der Waals surface area contributed by atoms with E-state index >= 15 is 0 Å². The van der Waals surface area contributed by atoms with Gasteiger partial charge < -0.3 is 14.6 Å². The Kier molecular flexibility index (Phi) is 5.31. The van der Waals surface area contributed by atoms with E-state index in [0.717, 1.165) is 27.7 Å². The van der Waals surface area contributed by atoms with Crippen molar-refractivity contribution < 1.29 is 14.1 Å². The third-order valence-corrected chi connectivity index (χ3v) is 4.83. The molecule has 0 bridgehead atoms. The van der Waals surface area contributed by atoms with Crippen molar-refractivity contribution in [1.82, 2.24) is 35.7 Å². The first kappa shape index (κ1) is 19.5. The van der Waals surface area contributed by atoms with Crippen molar-refractivity contribution in [3.8, 4) is 11.3 Å². The highest BCUT2D eigenvalue weighted by molar-refractivity contribution is 5.82. The Balaban J connectivity index is 1.14. The van der Waals surface area contributed by atoms with Crippen molar-refractivity contribution >= 4 is 17.0 Å². The lowest BCUT2D eigenvalue weighted by atomic mass is 10.1. The molecule has 32 heavy (non-hydrogen) atoms. The first-order chi connectivity index (χ1) is 15.7. The van der Waals surface area contributed by atoms with Crippen molar-refractivity contribution in [3.63, 3.8) is 0 Å². The number of aromatic amines is 1. The number of benzene rings is 2. The molecule has 0 saturated carbocycles. The molecule has 0 saturated heterocycles. The standard InChI is InChI=1S/C22H19N7O3/c30-22(31-14-15-4-2-1-3-5-15)23-11-19-9-18(27-32-19)12-29-13-21(26-28-29)16-6-7-17-10-24-25-20(17)8-16/h1-10,13H,11-12,14H2,(H,23,30)(H,24,25). The zero-order valence-corrected chi connectivity index (χ0v) is 16.9. The van der Waals surface area contributed by atoms with Crippen LogP contribution in [0.3, 0.4) is 0 Å². The summed E-state index contributed by atoms with van der Waals surface area (Å²) in [5.74, 6) is 0.515. The lowest BCUT2D eigenvalue weighted by molar-refractivity contribution is 0.138. The van der Waals surface area contributed by atoms with Crippen LogP contribution in [0.15, 0.2) is 71.5 Å². The smallest absolute Gasteiger partial charge is 0.407 e. The van der Waals surface area contributed by atoms with Crippen LogP contribution in [0.2, 0.25) is 0 Å². The van der Waals surface area contributed by atoms with Gasteiger partial charge in [0.15, 0.2) is 5.76 Å². The lowest BCUT2D eigenvalue weighted by Gasteiger charge is -2.05. The molecule has 0 aliphatic carbocycles. The summed E-state index contributed by atoms with van der Waals surface area (Å²) in [6.07, 6.45) is 3.09. The van der Waals surface area contributed by atoms with Gasteiger partial charge in [0, 0.05) is 17.0 Å². The number of H-pyrrole nitrogens is 1. The molecule has 1 amide bonds. The zero-order chi connectivity index (χ0) is 21.8. The molecule has 0 fully saturated rings. The number of fused-ring (bicyclic) bond motifs is 1. The van der Waals surface area contributed by atoms with Gasteiger partial charge in [0.05, 0.1) is 31.0 Å². The minimum absolute atomic E-state index is 0.174. The van der Waals surface area contributed by atoms with E-state index in [-0.39, 0.29) is 13.2 Å². The fourth-order valence-corrected chi connectivity index (χ4v) is 3.22. The second-order valence-corrected chi connectivity index (χ2v) is 7.17. The summed E-state index contributed by atoms with van der Waals surface area (Å²) in [5, 5.41) is 23.1. The number of carbonyl (C=O) groups is 1. The molecule has 160 valence electrons. The number of nitrogens with one attached hydrogen (secondary N) is 2. The molecule has 5 aromatic rings. The van der Waals surface area contributed by atoms with Gasteiger partial charge in [-0.25, -0.2) is 9.48 Å². The molecule has 0 spiro atoms. The van der Waals surface area contributed by atoms with Crippen molar-refractivity contribution in [3.05, 3.63) is 84.0 Å². The largest absolute Gasteiger partial charge is 0.445 e. The van der Waals surface area contributed by atoms with Gasteiger partial charge in [-0.1, -0.05) is 52.8 Å². The number of rotatable bonds is 7.